The van der Waals surface area contributed by atoms with Crippen LogP contribution in [0.2, 0.25) is 0 Å². The third-order valence-electron chi connectivity index (χ3n) is 3.57. The Hall–Kier alpha value is -0.820. The lowest BCUT2D eigenvalue weighted by Crippen LogP contribution is -2.28. The quantitative estimate of drug-likeness (QED) is 0.649. The van der Waals surface area contributed by atoms with E-state index in [-0.39, 0.29) is 0 Å². The lowest BCUT2D eigenvalue weighted by atomic mass is 9.89. The zero-order valence-electron chi connectivity index (χ0n) is 11.6. The van der Waals surface area contributed by atoms with Gasteiger partial charge in [0.2, 0.25) is 0 Å². The molecule has 1 aromatic carbocycles. The molecule has 1 N–H and O–H groups in total. The van der Waals surface area contributed by atoms with Crippen molar-refractivity contribution in [3.8, 4) is 0 Å². The van der Waals surface area contributed by atoms with Crippen molar-refractivity contribution in [2.45, 2.75) is 52.5 Å². The molecule has 0 fully saturated rings. The number of nitrogens with one attached hydrogen (secondary N) is 1. The fraction of sp³-hybridized carbons (Fsp3) is 0.625. The van der Waals surface area contributed by atoms with E-state index in [0.29, 0.717) is 6.04 Å². The Balaban J connectivity index is 2.71. The second-order valence-electron chi connectivity index (χ2n) is 4.77. The van der Waals surface area contributed by atoms with Gasteiger partial charge in [-0.25, -0.2) is 0 Å². The Morgan fingerprint density at radius 1 is 1.00 bits per heavy atom. The van der Waals surface area contributed by atoms with E-state index in [2.05, 4.69) is 56.4 Å². The monoisotopic (exact) mass is 233 g/mol. The van der Waals surface area contributed by atoms with Crippen molar-refractivity contribution in [1.29, 1.82) is 0 Å². The summed E-state index contributed by atoms with van der Waals surface area (Å²) in [4.78, 5) is 0. The van der Waals surface area contributed by atoms with Crippen LogP contribution in [0.1, 0.15) is 58.1 Å². The van der Waals surface area contributed by atoms with Crippen LogP contribution >= 0.6 is 0 Å². The van der Waals surface area contributed by atoms with Gasteiger partial charge in [-0.1, -0.05) is 70.4 Å². The summed E-state index contributed by atoms with van der Waals surface area (Å²) in [6.07, 6.45) is 5.02. The Labute approximate surface area is 107 Å². The minimum absolute atomic E-state index is 0.526. The van der Waals surface area contributed by atoms with E-state index in [9.17, 15) is 0 Å². The molecule has 0 radical (unpaired) electrons. The SMILES string of the molecule is CCCCNC(c1ccccc1)C(CC)CC. The van der Waals surface area contributed by atoms with Crippen molar-refractivity contribution in [1.82, 2.24) is 5.32 Å². The van der Waals surface area contributed by atoms with Crippen molar-refractivity contribution in [2.24, 2.45) is 5.92 Å². The number of hydrogen-bond acceptors (Lipinski definition) is 1. The second-order valence-corrected chi connectivity index (χ2v) is 4.77. The molecule has 0 aromatic heterocycles. The molecule has 0 spiro atoms. The lowest BCUT2D eigenvalue weighted by Gasteiger charge is -2.27. The van der Waals surface area contributed by atoms with E-state index < -0.39 is 0 Å². The third-order valence-corrected chi connectivity index (χ3v) is 3.57. The minimum atomic E-state index is 0.526. The van der Waals surface area contributed by atoms with Crippen molar-refractivity contribution < 1.29 is 0 Å². The maximum absolute atomic E-state index is 3.74. The molecule has 17 heavy (non-hydrogen) atoms. The van der Waals surface area contributed by atoms with Crippen LogP contribution in [0, 0.1) is 5.92 Å². The van der Waals surface area contributed by atoms with Gasteiger partial charge in [0.05, 0.1) is 0 Å². The first-order valence-electron chi connectivity index (χ1n) is 7.11. The van der Waals surface area contributed by atoms with Crippen molar-refractivity contribution in [3.63, 3.8) is 0 Å². The highest BCUT2D eigenvalue weighted by Gasteiger charge is 2.19. The fourth-order valence-corrected chi connectivity index (χ4v) is 2.41. The van der Waals surface area contributed by atoms with E-state index in [0.717, 1.165) is 12.5 Å². The minimum Gasteiger partial charge on any atom is -0.310 e. The molecule has 0 saturated carbocycles. The Bertz CT molecular complexity index is 277. The van der Waals surface area contributed by atoms with Gasteiger partial charge in [0.25, 0.3) is 0 Å². The van der Waals surface area contributed by atoms with Crippen LogP contribution in [0.4, 0.5) is 0 Å². The summed E-state index contributed by atoms with van der Waals surface area (Å²) in [7, 11) is 0. The summed E-state index contributed by atoms with van der Waals surface area (Å²) in [6, 6.07) is 11.4. The molecule has 1 atom stereocenters. The lowest BCUT2D eigenvalue weighted by molar-refractivity contribution is 0.339. The van der Waals surface area contributed by atoms with Crippen LogP contribution in [0.25, 0.3) is 0 Å². The molecule has 0 aliphatic carbocycles. The molecule has 1 nitrogen and oxygen atoms in total. The predicted molar refractivity (Wildman–Crippen MR) is 76.2 cm³/mol. The van der Waals surface area contributed by atoms with Gasteiger partial charge in [0.1, 0.15) is 0 Å². The first-order valence-corrected chi connectivity index (χ1v) is 7.11. The molecular weight excluding hydrogens is 206 g/mol. The standard InChI is InChI=1S/C16H27N/c1-4-7-13-17-16(14(5-2)6-3)15-11-9-8-10-12-15/h8-12,14,16-17H,4-7,13H2,1-3H3. The largest absolute Gasteiger partial charge is 0.310 e. The zero-order valence-corrected chi connectivity index (χ0v) is 11.6. The molecule has 96 valence electrons. The molecule has 0 aliphatic heterocycles. The Kier molecular flexibility index (Phi) is 6.95. The predicted octanol–water partition coefficient (Wildman–Crippen LogP) is 4.55. The number of unbranched alkanes of at least 4 members (excludes halogenated alkanes) is 1. The summed E-state index contributed by atoms with van der Waals surface area (Å²) in [5.74, 6) is 0.745. The number of benzene rings is 1. The molecule has 0 aliphatic rings. The van der Waals surface area contributed by atoms with Crippen LogP contribution in [-0.4, -0.2) is 6.54 Å². The molecule has 1 rings (SSSR count). The highest BCUT2D eigenvalue weighted by Crippen LogP contribution is 2.27. The van der Waals surface area contributed by atoms with E-state index >= 15 is 0 Å². The topological polar surface area (TPSA) is 12.0 Å². The number of hydrogen-bond donors (Lipinski definition) is 1. The van der Waals surface area contributed by atoms with E-state index in [1.54, 1.807) is 0 Å². The van der Waals surface area contributed by atoms with Gasteiger partial charge in [-0.15, -0.1) is 0 Å². The van der Waals surface area contributed by atoms with E-state index in [1.165, 1.54) is 31.2 Å². The maximum atomic E-state index is 3.74. The number of rotatable bonds is 8. The molecule has 1 heteroatoms. The highest BCUT2D eigenvalue weighted by atomic mass is 14.9. The summed E-state index contributed by atoms with van der Waals surface area (Å²) in [5.41, 5.74) is 1.44. The van der Waals surface area contributed by atoms with Gasteiger partial charge in [0, 0.05) is 6.04 Å². The van der Waals surface area contributed by atoms with Crippen molar-refractivity contribution in [2.75, 3.05) is 6.54 Å². The summed E-state index contributed by atoms with van der Waals surface area (Å²) in [5, 5.41) is 3.74. The smallest absolute Gasteiger partial charge is 0.0348 e. The molecule has 0 heterocycles. The van der Waals surface area contributed by atoms with E-state index in [1.807, 2.05) is 0 Å². The fourth-order valence-electron chi connectivity index (χ4n) is 2.41. The summed E-state index contributed by atoms with van der Waals surface area (Å²) >= 11 is 0. The summed E-state index contributed by atoms with van der Waals surface area (Å²) in [6.45, 7) is 7.97. The van der Waals surface area contributed by atoms with Crippen LogP contribution < -0.4 is 5.32 Å². The molecule has 0 amide bonds. The summed E-state index contributed by atoms with van der Waals surface area (Å²) < 4.78 is 0. The van der Waals surface area contributed by atoms with E-state index in [4.69, 9.17) is 0 Å². The van der Waals surface area contributed by atoms with Crippen molar-refractivity contribution in [3.05, 3.63) is 35.9 Å². The van der Waals surface area contributed by atoms with Gasteiger partial charge in [-0.05, 0) is 24.4 Å². The second kappa shape index (κ2) is 8.30. The van der Waals surface area contributed by atoms with Crippen molar-refractivity contribution >= 4 is 0 Å². The molecule has 0 bridgehead atoms. The normalized spacial score (nSPS) is 12.9. The zero-order chi connectivity index (χ0) is 12.5. The average Bonchev–Trinajstić information content (AvgIpc) is 2.39. The maximum Gasteiger partial charge on any atom is 0.0348 e. The molecule has 1 unspecified atom stereocenters. The molecule has 1 aromatic rings. The first-order chi connectivity index (χ1) is 8.33. The van der Waals surface area contributed by atoms with Gasteiger partial charge in [-0.3, -0.25) is 0 Å². The van der Waals surface area contributed by atoms with Gasteiger partial charge in [-0.2, -0.15) is 0 Å². The average molecular weight is 233 g/mol. The first kappa shape index (κ1) is 14.2. The van der Waals surface area contributed by atoms with Gasteiger partial charge < -0.3 is 5.32 Å². The Morgan fingerprint density at radius 3 is 2.18 bits per heavy atom. The molecule has 0 saturated heterocycles. The van der Waals surface area contributed by atoms with Gasteiger partial charge >= 0.3 is 0 Å². The Morgan fingerprint density at radius 2 is 1.65 bits per heavy atom. The highest BCUT2D eigenvalue weighted by molar-refractivity contribution is 5.19. The van der Waals surface area contributed by atoms with Crippen LogP contribution in [-0.2, 0) is 0 Å². The van der Waals surface area contributed by atoms with Gasteiger partial charge in [0.15, 0.2) is 0 Å². The van der Waals surface area contributed by atoms with Crippen LogP contribution in [0.5, 0.6) is 0 Å². The van der Waals surface area contributed by atoms with Crippen LogP contribution in [0.15, 0.2) is 30.3 Å². The van der Waals surface area contributed by atoms with Crippen LogP contribution in [0.3, 0.4) is 0 Å². The third kappa shape index (κ3) is 4.51. The molecular formula is C16H27N.